The number of benzene rings is 4. The molecule has 4 aromatic carbocycles. The minimum Gasteiger partial charge on any atom is -0.482 e. The van der Waals surface area contributed by atoms with E-state index >= 15 is 0 Å². The summed E-state index contributed by atoms with van der Waals surface area (Å²) in [6, 6.07) is 27.4. The second-order valence-corrected chi connectivity index (χ2v) is 13.2. The van der Waals surface area contributed by atoms with E-state index in [4.69, 9.17) is 16.3 Å². The summed E-state index contributed by atoms with van der Waals surface area (Å²) in [5.41, 5.74) is 3.36. The molecule has 9 nitrogen and oxygen atoms in total. The van der Waals surface area contributed by atoms with Gasteiger partial charge in [-0.1, -0.05) is 79.2 Å². The number of aliphatic hydroxyl groups excluding tert-OH is 1. The van der Waals surface area contributed by atoms with Gasteiger partial charge in [0.2, 0.25) is 5.91 Å². The van der Waals surface area contributed by atoms with E-state index in [1.165, 1.54) is 0 Å². The van der Waals surface area contributed by atoms with Gasteiger partial charge in [0.15, 0.2) is 12.2 Å². The third kappa shape index (κ3) is 5.88. The van der Waals surface area contributed by atoms with Crippen LogP contribution in [0, 0.1) is 5.92 Å². The maximum Gasteiger partial charge on any atom is 0.269 e. The Kier molecular flexibility index (Phi) is 8.75. The molecule has 3 amide bonds. The third-order valence-electron chi connectivity index (χ3n) is 9.74. The van der Waals surface area contributed by atoms with Gasteiger partial charge >= 0.3 is 0 Å². The summed E-state index contributed by atoms with van der Waals surface area (Å²) in [6.45, 7) is 2.15. The van der Waals surface area contributed by atoms with Crippen LogP contribution in [0.1, 0.15) is 35.6 Å². The fraction of sp³-hybridized carbons (Fsp3) is 0.256. The van der Waals surface area contributed by atoms with Gasteiger partial charge in [-0.05, 0) is 65.6 Å². The molecule has 7 rings (SSSR count). The Bertz CT molecular complexity index is 1960. The van der Waals surface area contributed by atoms with E-state index in [9.17, 15) is 24.6 Å². The zero-order valence-electron chi connectivity index (χ0n) is 27.0. The molecule has 10 heteroatoms. The SMILES string of the molecule is C[C@@H](/C=C/CC(=O)N1Cc2ccccc2C[C@H]1CO)[C@]1(O)C(=O)N(Cc2ccc(N3C(=O)COc4ccccc43)cc2)c2ccc(Cl)cc21. The number of rotatable bonds is 8. The van der Waals surface area contributed by atoms with Gasteiger partial charge in [-0.15, -0.1) is 0 Å². The molecule has 2 N–H and O–H groups in total. The lowest BCUT2D eigenvalue weighted by molar-refractivity contribution is -0.139. The van der Waals surface area contributed by atoms with Crippen molar-refractivity contribution >= 4 is 46.4 Å². The number of aliphatic hydroxyl groups is 2. The lowest BCUT2D eigenvalue weighted by atomic mass is 9.83. The number of ether oxygens (including phenoxy) is 1. The fourth-order valence-electron chi connectivity index (χ4n) is 7.07. The highest BCUT2D eigenvalue weighted by molar-refractivity contribution is 6.31. The number of hydrogen-bond acceptors (Lipinski definition) is 6. The van der Waals surface area contributed by atoms with Crippen molar-refractivity contribution in [1.29, 1.82) is 0 Å². The van der Waals surface area contributed by atoms with Crippen molar-refractivity contribution in [2.45, 2.75) is 44.5 Å². The monoisotopic (exact) mass is 677 g/mol. The molecule has 0 spiro atoms. The molecule has 0 saturated carbocycles. The second-order valence-electron chi connectivity index (χ2n) is 12.7. The lowest BCUT2D eigenvalue weighted by Crippen LogP contribution is -2.46. The highest BCUT2D eigenvalue weighted by Gasteiger charge is 2.52. The lowest BCUT2D eigenvalue weighted by Gasteiger charge is -2.36. The van der Waals surface area contributed by atoms with Gasteiger partial charge in [0, 0.05) is 35.2 Å². The van der Waals surface area contributed by atoms with Crippen molar-refractivity contribution in [1.82, 2.24) is 4.90 Å². The first-order chi connectivity index (χ1) is 23.7. The summed E-state index contributed by atoms with van der Waals surface area (Å²) in [7, 11) is 0. The number of anilines is 3. The quantitative estimate of drug-likeness (QED) is 0.233. The molecular weight excluding hydrogens is 642 g/mol. The van der Waals surface area contributed by atoms with Crippen LogP contribution in [-0.2, 0) is 39.5 Å². The zero-order valence-corrected chi connectivity index (χ0v) is 27.7. The van der Waals surface area contributed by atoms with E-state index in [1.807, 2.05) is 72.8 Å². The standard InChI is InChI=1S/C39H36ClN3O6/c1-25(7-6-12-36(45)41-22-28-9-3-2-8-27(28)19-31(41)23-44)39(48)32-20-29(40)15-18-33(32)42(38(39)47)21-26-13-16-30(17-14-26)43-34-10-4-5-11-35(34)49-24-37(43)46/h2-11,13-18,20,25,31,44,48H,12,19,21-24H2,1H3/b7-6+/t25-,31-,39+/m0/s1. The van der Waals surface area contributed by atoms with Crippen molar-refractivity contribution in [3.8, 4) is 5.75 Å². The second kappa shape index (κ2) is 13.2. The predicted octanol–water partition coefficient (Wildman–Crippen LogP) is 5.66. The predicted molar refractivity (Wildman–Crippen MR) is 187 cm³/mol. The molecule has 49 heavy (non-hydrogen) atoms. The third-order valence-corrected chi connectivity index (χ3v) is 9.97. The van der Waals surface area contributed by atoms with Crippen molar-refractivity contribution < 1.29 is 29.3 Å². The average molecular weight is 678 g/mol. The Balaban J connectivity index is 1.08. The maximum absolute atomic E-state index is 14.1. The number of hydrogen-bond donors (Lipinski definition) is 2. The summed E-state index contributed by atoms with van der Waals surface area (Å²) < 4.78 is 5.58. The molecule has 0 radical (unpaired) electrons. The number of carbonyl (C=O) groups is 3. The van der Waals surface area contributed by atoms with Gasteiger partial charge in [0.1, 0.15) is 5.75 Å². The average Bonchev–Trinajstić information content (AvgIpc) is 3.33. The van der Waals surface area contributed by atoms with Crippen LogP contribution in [0.2, 0.25) is 5.02 Å². The molecule has 0 bridgehead atoms. The van der Waals surface area contributed by atoms with E-state index in [0.29, 0.717) is 46.4 Å². The highest BCUT2D eigenvalue weighted by Crippen LogP contribution is 2.47. The Labute approximate surface area is 289 Å². The van der Waals surface area contributed by atoms with Gasteiger partial charge < -0.3 is 24.7 Å². The number of para-hydroxylation sites is 2. The molecule has 0 unspecified atom stereocenters. The molecule has 0 aromatic heterocycles. The van der Waals surface area contributed by atoms with Gasteiger partial charge in [-0.2, -0.15) is 0 Å². The van der Waals surface area contributed by atoms with Crippen LogP contribution in [0.15, 0.2) is 103 Å². The van der Waals surface area contributed by atoms with Crippen molar-refractivity contribution in [3.05, 3.63) is 130 Å². The Morgan fingerprint density at radius 1 is 1.00 bits per heavy atom. The highest BCUT2D eigenvalue weighted by atomic mass is 35.5. The summed E-state index contributed by atoms with van der Waals surface area (Å²) in [6.07, 6.45) is 4.02. The molecule has 3 heterocycles. The van der Waals surface area contributed by atoms with Gasteiger partial charge in [-0.25, -0.2) is 0 Å². The Hall–Kier alpha value is -4.96. The summed E-state index contributed by atoms with van der Waals surface area (Å²) >= 11 is 6.37. The molecular formula is C39H36ClN3O6. The fourth-order valence-corrected chi connectivity index (χ4v) is 7.24. The van der Waals surface area contributed by atoms with Crippen LogP contribution in [0.4, 0.5) is 17.1 Å². The molecule has 250 valence electrons. The maximum atomic E-state index is 14.1. The summed E-state index contributed by atoms with van der Waals surface area (Å²) in [4.78, 5) is 45.1. The largest absolute Gasteiger partial charge is 0.482 e. The molecule has 0 aliphatic carbocycles. The number of carbonyl (C=O) groups excluding carboxylic acids is 3. The van der Waals surface area contributed by atoms with Gasteiger partial charge in [0.05, 0.1) is 30.6 Å². The van der Waals surface area contributed by atoms with Crippen LogP contribution >= 0.6 is 11.6 Å². The number of amides is 3. The topological polar surface area (TPSA) is 111 Å². The summed E-state index contributed by atoms with van der Waals surface area (Å²) in [5, 5.41) is 22.5. The first-order valence-electron chi connectivity index (χ1n) is 16.3. The Morgan fingerprint density at radius 3 is 2.51 bits per heavy atom. The minimum atomic E-state index is -1.92. The van der Waals surface area contributed by atoms with Crippen LogP contribution < -0.4 is 14.5 Å². The number of halogens is 1. The van der Waals surface area contributed by atoms with Crippen LogP contribution in [0.25, 0.3) is 0 Å². The first-order valence-corrected chi connectivity index (χ1v) is 16.7. The van der Waals surface area contributed by atoms with Gasteiger partial charge in [-0.3, -0.25) is 19.3 Å². The number of fused-ring (bicyclic) bond motifs is 3. The Morgan fingerprint density at radius 2 is 1.73 bits per heavy atom. The molecule has 3 atom stereocenters. The first kappa shape index (κ1) is 32.6. The van der Waals surface area contributed by atoms with E-state index < -0.39 is 17.4 Å². The van der Waals surface area contributed by atoms with E-state index in [-0.39, 0.29) is 44.0 Å². The van der Waals surface area contributed by atoms with Crippen molar-refractivity contribution in [2.24, 2.45) is 5.92 Å². The van der Waals surface area contributed by atoms with Crippen LogP contribution in [0.3, 0.4) is 0 Å². The van der Waals surface area contributed by atoms with Gasteiger partial charge in [0.25, 0.3) is 11.8 Å². The normalized spacial score (nSPS) is 20.6. The van der Waals surface area contributed by atoms with Crippen LogP contribution in [-0.4, -0.2) is 52.1 Å². The molecule has 0 fully saturated rings. The summed E-state index contributed by atoms with van der Waals surface area (Å²) in [5.74, 6) is -0.890. The van der Waals surface area contributed by atoms with E-state index in [2.05, 4.69) is 0 Å². The van der Waals surface area contributed by atoms with Crippen molar-refractivity contribution in [2.75, 3.05) is 23.0 Å². The number of nitrogens with zero attached hydrogens (tertiary/aromatic N) is 3. The zero-order chi connectivity index (χ0) is 34.3. The van der Waals surface area contributed by atoms with E-state index in [0.717, 1.165) is 16.7 Å². The molecule has 3 aliphatic rings. The smallest absolute Gasteiger partial charge is 0.269 e. The van der Waals surface area contributed by atoms with Crippen molar-refractivity contribution in [3.63, 3.8) is 0 Å². The minimum absolute atomic E-state index is 0.0574. The van der Waals surface area contributed by atoms with E-state index in [1.54, 1.807) is 52.0 Å². The molecule has 3 aliphatic heterocycles. The van der Waals surface area contributed by atoms with Crippen LogP contribution in [0.5, 0.6) is 5.75 Å². The molecule has 0 saturated heterocycles. The molecule has 4 aromatic rings.